The second kappa shape index (κ2) is 11.1. The van der Waals surface area contributed by atoms with Crippen molar-refractivity contribution >= 4 is 0 Å². The van der Waals surface area contributed by atoms with Crippen LogP contribution < -0.4 is 0 Å². The van der Waals surface area contributed by atoms with Crippen LogP contribution in [0.15, 0.2) is 54.6 Å². The highest BCUT2D eigenvalue weighted by molar-refractivity contribution is 5.33. The van der Waals surface area contributed by atoms with Crippen LogP contribution in [0.3, 0.4) is 0 Å². The molecule has 2 aliphatic carbocycles. The molecule has 4 rings (SSSR count). The summed E-state index contributed by atoms with van der Waals surface area (Å²) < 4.78 is 0. The average molecular weight is 449 g/mol. The average Bonchev–Trinajstić information content (AvgIpc) is 2.87. The maximum Gasteiger partial charge on any atom is 0.115 e. The molecule has 2 fully saturated rings. The lowest BCUT2D eigenvalue weighted by Crippen LogP contribution is -2.54. The van der Waals surface area contributed by atoms with Crippen LogP contribution in [-0.2, 0) is 12.0 Å². The molecule has 2 aromatic carbocycles. The van der Waals surface area contributed by atoms with Crippen LogP contribution in [0.1, 0.15) is 75.8 Å². The Labute approximate surface area is 201 Å². The summed E-state index contributed by atoms with van der Waals surface area (Å²) in [6, 6.07) is 20.2. The second-order valence-electron chi connectivity index (χ2n) is 10.8. The topological polar surface area (TPSA) is 26.7 Å². The molecule has 0 amide bonds. The maximum absolute atomic E-state index is 10.3. The number of hydrogen-bond donors (Lipinski definition) is 1. The van der Waals surface area contributed by atoms with Gasteiger partial charge in [0.1, 0.15) is 5.75 Å². The van der Waals surface area contributed by atoms with E-state index in [2.05, 4.69) is 67.2 Å². The van der Waals surface area contributed by atoms with Crippen molar-refractivity contribution < 1.29 is 5.11 Å². The molecule has 2 aliphatic rings. The molecule has 2 saturated carbocycles. The van der Waals surface area contributed by atoms with E-state index < -0.39 is 0 Å². The summed E-state index contributed by atoms with van der Waals surface area (Å²) in [6.07, 6.45) is 12.8. The summed E-state index contributed by atoms with van der Waals surface area (Å²) in [4.78, 5) is 5.29. The molecule has 0 bridgehead atoms. The minimum Gasteiger partial charge on any atom is -0.508 e. The maximum atomic E-state index is 10.3. The number of phenols is 1. The van der Waals surface area contributed by atoms with Gasteiger partial charge < -0.3 is 10.0 Å². The van der Waals surface area contributed by atoms with Crippen molar-refractivity contribution in [2.45, 2.75) is 88.8 Å². The highest BCUT2D eigenvalue weighted by atomic mass is 16.3. The lowest BCUT2D eigenvalue weighted by atomic mass is 9.71. The van der Waals surface area contributed by atoms with Crippen LogP contribution in [0.4, 0.5) is 0 Å². The molecule has 1 atom stereocenters. The zero-order valence-corrected chi connectivity index (χ0v) is 21.0. The Bertz CT molecular complexity index is 853. The van der Waals surface area contributed by atoms with E-state index in [0.29, 0.717) is 17.8 Å². The lowest BCUT2D eigenvalue weighted by molar-refractivity contribution is -0.00745. The van der Waals surface area contributed by atoms with Gasteiger partial charge in [-0.15, -0.1) is 0 Å². The summed E-state index contributed by atoms with van der Waals surface area (Å²) >= 11 is 0. The molecule has 0 radical (unpaired) electrons. The molecule has 180 valence electrons. The van der Waals surface area contributed by atoms with Crippen molar-refractivity contribution in [3.05, 3.63) is 65.7 Å². The fourth-order valence-corrected chi connectivity index (χ4v) is 6.62. The van der Waals surface area contributed by atoms with E-state index in [1.807, 2.05) is 18.2 Å². The molecular formula is C30H44N2O. The first-order chi connectivity index (χ1) is 16.0. The van der Waals surface area contributed by atoms with Crippen LogP contribution in [0.5, 0.6) is 5.75 Å². The fraction of sp³-hybridized carbons (Fsp3) is 0.600. The third-order valence-corrected chi connectivity index (χ3v) is 9.00. The van der Waals surface area contributed by atoms with Gasteiger partial charge in [0.05, 0.1) is 0 Å². The number of likely N-dealkylation sites (N-methyl/N-ethyl adjacent to an activating group) is 1. The Morgan fingerprint density at radius 1 is 0.909 bits per heavy atom. The van der Waals surface area contributed by atoms with Crippen LogP contribution in [0.2, 0.25) is 0 Å². The minimum atomic E-state index is 0.0202. The highest BCUT2D eigenvalue weighted by Gasteiger charge is 2.44. The third kappa shape index (κ3) is 5.63. The molecule has 3 nitrogen and oxygen atoms in total. The van der Waals surface area contributed by atoms with Crippen LogP contribution >= 0.6 is 0 Å². The number of hydrogen-bond acceptors (Lipinski definition) is 3. The first-order valence-electron chi connectivity index (χ1n) is 13.3. The van der Waals surface area contributed by atoms with E-state index in [9.17, 15) is 5.11 Å². The van der Waals surface area contributed by atoms with E-state index in [1.165, 1.54) is 56.1 Å². The van der Waals surface area contributed by atoms with Gasteiger partial charge in [0.2, 0.25) is 0 Å². The summed E-state index contributed by atoms with van der Waals surface area (Å²) in [5.74, 6) is 1.19. The van der Waals surface area contributed by atoms with E-state index in [1.54, 1.807) is 0 Å². The molecule has 0 heterocycles. The number of rotatable bonds is 8. The van der Waals surface area contributed by atoms with Gasteiger partial charge in [0.25, 0.3) is 0 Å². The van der Waals surface area contributed by atoms with Crippen molar-refractivity contribution in [2.75, 3.05) is 20.6 Å². The third-order valence-electron chi connectivity index (χ3n) is 9.00. The predicted octanol–water partition coefficient (Wildman–Crippen LogP) is 6.61. The van der Waals surface area contributed by atoms with Gasteiger partial charge in [-0.25, -0.2) is 0 Å². The molecule has 0 saturated heterocycles. The van der Waals surface area contributed by atoms with Crippen LogP contribution in [0.25, 0.3) is 0 Å². The summed E-state index contributed by atoms with van der Waals surface area (Å²) in [5.41, 5.74) is 2.75. The van der Waals surface area contributed by atoms with Gasteiger partial charge in [0.15, 0.2) is 0 Å². The van der Waals surface area contributed by atoms with E-state index in [-0.39, 0.29) is 5.54 Å². The first-order valence-corrected chi connectivity index (χ1v) is 13.3. The number of nitrogens with zero attached hydrogens (tertiary/aromatic N) is 2. The van der Waals surface area contributed by atoms with Crippen molar-refractivity contribution in [3.63, 3.8) is 0 Å². The number of aromatic hydroxyl groups is 1. The highest BCUT2D eigenvalue weighted by Crippen LogP contribution is 2.46. The van der Waals surface area contributed by atoms with E-state index >= 15 is 0 Å². The quantitative estimate of drug-likeness (QED) is 0.492. The monoisotopic (exact) mass is 448 g/mol. The molecule has 1 unspecified atom stereocenters. The Morgan fingerprint density at radius 3 is 2.27 bits per heavy atom. The molecule has 0 aromatic heterocycles. The van der Waals surface area contributed by atoms with Gasteiger partial charge in [0, 0.05) is 24.2 Å². The normalized spacial score (nSPS) is 25.4. The van der Waals surface area contributed by atoms with Gasteiger partial charge in [-0.2, -0.15) is 0 Å². The van der Waals surface area contributed by atoms with E-state index in [4.69, 9.17) is 0 Å². The zero-order valence-electron chi connectivity index (χ0n) is 21.0. The second-order valence-corrected chi connectivity index (χ2v) is 10.8. The number of benzene rings is 2. The number of phenolic OH excluding ortho intramolecular Hbond substituents is 1. The molecule has 1 N–H and O–H groups in total. The minimum absolute atomic E-state index is 0.0202. The fourth-order valence-electron chi connectivity index (χ4n) is 6.62. The predicted molar refractivity (Wildman–Crippen MR) is 139 cm³/mol. The van der Waals surface area contributed by atoms with Crippen molar-refractivity contribution in [3.8, 4) is 5.75 Å². The Kier molecular flexibility index (Phi) is 8.14. The van der Waals surface area contributed by atoms with Gasteiger partial charge in [-0.3, -0.25) is 4.90 Å². The van der Waals surface area contributed by atoms with Crippen molar-refractivity contribution in [1.29, 1.82) is 0 Å². The van der Waals surface area contributed by atoms with Gasteiger partial charge >= 0.3 is 0 Å². The Balaban J connectivity index is 1.47. The smallest absolute Gasteiger partial charge is 0.115 e. The molecule has 0 aliphatic heterocycles. The van der Waals surface area contributed by atoms with Gasteiger partial charge in [-0.1, -0.05) is 61.7 Å². The standard InChI is InChI=1S/C30H44N2O/c1-24(26-13-8-5-9-14-26)32(3)30(27-15-10-16-29(33)23-27)20-17-28(18-21-30)31(2)22-19-25-11-6-4-7-12-25/h4,6-7,10-12,15-16,23-24,26,28,33H,5,8-9,13-14,17-22H2,1-3H3. The lowest BCUT2D eigenvalue weighted by Gasteiger charge is -2.52. The summed E-state index contributed by atoms with van der Waals surface area (Å²) in [7, 11) is 4.67. The van der Waals surface area contributed by atoms with Gasteiger partial charge in [-0.05, 0) is 95.1 Å². The van der Waals surface area contributed by atoms with Crippen LogP contribution in [0, 0.1) is 5.92 Å². The summed E-state index contributed by atoms with van der Waals surface area (Å²) in [6.45, 7) is 3.57. The van der Waals surface area contributed by atoms with Crippen molar-refractivity contribution in [2.24, 2.45) is 5.92 Å². The SMILES string of the molecule is CC(C1CCCCC1)N(C)C1(c2cccc(O)c2)CCC(N(C)CCc2ccccc2)CC1. The Morgan fingerprint density at radius 2 is 1.61 bits per heavy atom. The van der Waals surface area contributed by atoms with Crippen molar-refractivity contribution in [1.82, 2.24) is 9.80 Å². The molecule has 3 heteroatoms. The summed E-state index contributed by atoms with van der Waals surface area (Å²) in [5, 5.41) is 10.3. The molecular weight excluding hydrogens is 404 g/mol. The van der Waals surface area contributed by atoms with Crippen LogP contribution in [-0.4, -0.2) is 47.6 Å². The largest absolute Gasteiger partial charge is 0.508 e. The first kappa shape index (κ1) is 24.3. The molecule has 33 heavy (non-hydrogen) atoms. The molecule has 2 aromatic rings. The Hall–Kier alpha value is -1.84. The zero-order chi connectivity index (χ0) is 23.3. The van der Waals surface area contributed by atoms with E-state index in [0.717, 1.165) is 31.7 Å². The molecule has 0 spiro atoms.